The molecular weight excluding hydrogens is 297 g/mol. The Morgan fingerprint density at radius 2 is 2.00 bits per heavy atom. The summed E-state index contributed by atoms with van der Waals surface area (Å²) in [6.45, 7) is 2.46. The molecule has 0 radical (unpaired) electrons. The average molecular weight is 314 g/mol. The fraction of sp³-hybridized carbons (Fsp3) is 0.467. The summed E-state index contributed by atoms with van der Waals surface area (Å²) in [5, 5.41) is 9.24. The molecule has 21 heavy (non-hydrogen) atoms. The number of amides is 1. The lowest BCUT2D eigenvalue weighted by molar-refractivity contribution is -0.152. The Kier molecular flexibility index (Phi) is 4.52. The molecule has 0 aliphatic carbocycles. The van der Waals surface area contributed by atoms with E-state index >= 15 is 0 Å². The summed E-state index contributed by atoms with van der Waals surface area (Å²) in [5.41, 5.74) is -0.842. The highest BCUT2D eigenvalue weighted by molar-refractivity contribution is 6.31. The topological polar surface area (TPSA) is 57.6 Å². The van der Waals surface area contributed by atoms with Gasteiger partial charge in [-0.1, -0.05) is 24.6 Å². The fourth-order valence-electron chi connectivity index (χ4n) is 2.70. The molecule has 1 aliphatic rings. The molecule has 1 amide bonds. The maximum atomic E-state index is 13.9. The van der Waals surface area contributed by atoms with Gasteiger partial charge in [0.1, 0.15) is 0 Å². The van der Waals surface area contributed by atoms with E-state index in [9.17, 15) is 19.1 Å². The summed E-state index contributed by atoms with van der Waals surface area (Å²) in [6.07, 6.45) is 1.29. The van der Waals surface area contributed by atoms with Gasteiger partial charge in [0, 0.05) is 13.1 Å². The van der Waals surface area contributed by atoms with Gasteiger partial charge in [-0.25, -0.2) is 4.39 Å². The van der Waals surface area contributed by atoms with Gasteiger partial charge in [-0.3, -0.25) is 9.59 Å². The minimum absolute atomic E-state index is 0.0678. The number of likely N-dealkylation sites (tertiary alicyclic amines) is 1. The number of nitrogens with zero attached hydrogens (tertiary/aromatic N) is 1. The third-order valence-corrected chi connectivity index (χ3v) is 4.61. The lowest BCUT2D eigenvalue weighted by Crippen LogP contribution is -2.46. The fourth-order valence-corrected chi connectivity index (χ4v) is 2.87. The number of aliphatic carboxylic acids is 1. The van der Waals surface area contributed by atoms with E-state index in [1.54, 1.807) is 0 Å². The quantitative estimate of drug-likeness (QED) is 0.932. The molecule has 1 saturated heterocycles. The van der Waals surface area contributed by atoms with Crippen LogP contribution >= 0.6 is 11.6 Å². The smallest absolute Gasteiger partial charge is 0.309 e. The second-order valence-electron chi connectivity index (χ2n) is 5.33. The van der Waals surface area contributed by atoms with Gasteiger partial charge in [-0.2, -0.15) is 0 Å². The van der Waals surface area contributed by atoms with Crippen LogP contribution in [-0.2, 0) is 4.79 Å². The van der Waals surface area contributed by atoms with Crippen LogP contribution in [0.15, 0.2) is 18.2 Å². The van der Waals surface area contributed by atoms with Gasteiger partial charge in [-0.05, 0) is 31.4 Å². The van der Waals surface area contributed by atoms with Crippen LogP contribution in [0.3, 0.4) is 0 Å². The van der Waals surface area contributed by atoms with Crippen LogP contribution in [0.5, 0.6) is 0 Å². The van der Waals surface area contributed by atoms with Crippen molar-refractivity contribution in [1.82, 2.24) is 4.90 Å². The first kappa shape index (κ1) is 15.8. The number of halogens is 2. The second-order valence-corrected chi connectivity index (χ2v) is 5.74. The molecule has 1 aromatic rings. The molecule has 4 nitrogen and oxygen atoms in total. The molecule has 0 atom stereocenters. The van der Waals surface area contributed by atoms with Gasteiger partial charge in [0.15, 0.2) is 5.82 Å². The molecule has 1 N–H and O–H groups in total. The minimum Gasteiger partial charge on any atom is -0.481 e. The van der Waals surface area contributed by atoms with Crippen molar-refractivity contribution in [2.24, 2.45) is 5.41 Å². The summed E-state index contributed by atoms with van der Waals surface area (Å²) in [6, 6.07) is 4.30. The largest absolute Gasteiger partial charge is 0.481 e. The number of hydrogen-bond donors (Lipinski definition) is 1. The van der Waals surface area contributed by atoms with Gasteiger partial charge < -0.3 is 10.0 Å². The second kappa shape index (κ2) is 6.02. The van der Waals surface area contributed by atoms with Crippen LogP contribution < -0.4 is 0 Å². The number of carbonyl (C=O) groups excluding carboxylic acids is 1. The Hall–Kier alpha value is -1.62. The van der Waals surface area contributed by atoms with E-state index < -0.39 is 23.1 Å². The van der Waals surface area contributed by atoms with Gasteiger partial charge in [0.05, 0.1) is 16.0 Å². The van der Waals surface area contributed by atoms with Crippen molar-refractivity contribution in [3.05, 3.63) is 34.6 Å². The predicted molar refractivity (Wildman–Crippen MR) is 76.9 cm³/mol. The van der Waals surface area contributed by atoms with Crippen molar-refractivity contribution in [1.29, 1.82) is 0 Å². The van der Waals surface area contributed by atoms with Crippen molar-refractivity contribution in [3.63, 3.8) is 0 Å². The Morgan fingerprint density at radius 1 is 1.38 bits per heavy atom. The molecule has 2 rings (SSSR count). The Bertz CT molecular complexity index is 568. The first-order valence-corrected chi connectivity index (χ1v) is 7.26. The SMILES string of the molecule is CCC1(C(=O)O)CCN(C(=O)c2cccc(Cl)c2F)CC1. The van der Waals surface area contributed by atoms with Crippen LogP contribution in [0.4, 0.5) is 4.39 Å². The maximum Gasteiger partial charge on any atom is 0.309 e. The van der Waals surface area contributed by atoms with Crippen molar-refractivity contribution in [2.45, 2.75) is 26.2 Å². The van der Waals surface area contributed by atoms with Gasteiger partial charge in [-0.15, -0.1) is 0 Å². The highest BCUT2D eigenvalue weighted by atomic mass is 35.5. The first-order chi connectivity index (χ1) is 9.91. The number of carbonyl (C=O) groups is 2. The van der Waals surface area contributed by atoms with Crippen molar-refractivity contribution < 1.29 is 19.1 Å². The van der Waals surface area contributed by atoms with Crippen LogP contribution in [0.1, 0.15) is 36.5 Å². The Labute approximate surface area is 127 Å². The molecule has 114 valence electrons. The van der Waals surface area contributed by atoms with Gasteiger partial charge >= 0.3 is 5.97 Å². The summed E-state index contributed by atoms with van der Waals surface area (Å²) < 4.78 is 13.9. The molecule has 0 unspecified atom stereocenters. The number of hydrogen-bond acceptors (Lipinski definition) is 2. The van der Waals surface area contributed by atoms with Crippen LogP contribution in [0, 0.1) is 11.2 Å². The van der Waals surface area contributed by atoms with Crippen molar-refractivity contribution in [2.75, 3.05) is 13.1 Å². The van der Waals surface area contributed by atoms with Crippen LogP contribution in [0.25, 0.3) is 0 Å². The standard InChI is InChI=1S/C15H17ClFNO3/c1-2-15(14(20)21)6-8-18(9-7-15)13(19)10-4-3-5-11(16)12(10)17/h3-5H,2,6-9H2,1H3,(H,20,21). The Balaban J connectivity index is 2.14. The lowest BCUT2D eigenvalue weighted by atomic mass is 9.76. The third-order valence-electron chi connectivity index (χ3n) is 4.32. The zero-order valence-corrected chi connectivity index (χ0v) is 12.5. The predicted octanol–water partition coefficient (Wildman–Crippen LogP) is 3.20. The van der Waals surface area contributed by atoms with Crippen molar-refractivity contribution >= 4 is 23.5 Å². The summed E-state index contributed by atoms with van der Waals surface area (Å²) >= 11 is 5.68. The highest BCUT2D eigenvalue weighted by Gasteiger charge is 2.41. The number of piperidine rings is 1. The van der Waals surface area contributed by atoms with Gasteiger partial charge in [0.25, 0.3) is 5.91 Å². The van der Waals surface area contributed by atoms with Crippen molar-refractivity contribution in [3.8, 4) is 0 Å². The van der Waals surface area contributed by atoms with E-state index in [-0.39, 0.29) is 10.6 Å². The number of carboxylic acids is 1. The molecule has 1 aromatic carbocycles. The van der Waals surface area contributed by atoms with E-state index in [4.69, 9.17) is 11.6 Å². The van der Waals surface area contributed by atoms with E-state index in [0.717, 1.165) is 0 Å². The minimum atomic E-state index is -0.828. The number of rotatable bonds is 3. The van der Waals surface area contributed by atoms with E-state index in [2.05, 4.69) is 0 Å². The normalized spacial score (nSPS) is 17.6. The molecule has 1 heterocycles. The van der Waals surface area contributed by atoms with E-state index in [1.807, 2.05) is 6.92 Å². The third kappa shape index (κ3) is 2.88. The summed E-state index contributed by atoms with van der Waals surface area (Å²) in [7, 11) is 0. The number of benzene rings is 1. The highest BCUT2D eigenvalue weighted by Crippen LogP contribution is 2.35. The first-order valence-electron chi connectivity index (χ1n) is 6.88. The average Bonchev–Trinajstić information content (AvgIpc) is 2.49. The molecule has 0 bridgehead atoms. The maximum absolute atomic E-state index is 13.9. The summed E-state index contributed by atoms with van der Waals surface area (Å²) in [5.74, 6) is -1.99. The summed E-state index contributed by atoms with van der Waals surface area (Å²) in [4.78, 5) is 25.2. The molecule has 0 aromatic heterocycles. The van der Waals surface area contributed by atoms with Crippen LogP contribution in [0.2, 0.25) is 5.02 Å². The monoisotopic (exact) mass is 313 g/mol. The number of carboxylic acid groups (broad SMARTS) is 1. The zero-order valence-electron chi connectivity index (χ0n) is 11.7. The molecule has 6 heteroatoms. The molecule has 0 saturated carbocycles. The molecular formula is C15H17ClFNO3. The zero-order chi connectivity index (χ0) is 15.6. The molecule has 1 fully saturated rings. The Morgan fingerprint density at radius 3 is 2.52 bits per heavy atom. The molecule has 0 spiro atoms. The van der Waals surface area contributed by atoms with E-state index in [0.29, 0.717) is 32.4 Å². The van der Waals surface area contributed by atoms with Gasteiger partial charge in [0.2, 0.25) is 0 Å². The van der Waals surface area contributed by atoms with E-state index in [1.165, 1.54) is 23.1 Å². The lowest BCUT2D eigenvalue weighted by Gasteiger charge is -2.38. The van der Waals surface area contributed by atoms with Crippen LogP contribution in [-0.4, -0.2) is 35.0 Å². The molecule has 1 aliphatic heterocycles.